The fourth-order valence-electron chi connectivity index (χ4n) is 4.51. The Morgan fingerprint density at radius 2 is 1.90 bits per heavy atom. The van der Waals surface area contributed by atoms with E-state index < -0.39 is 0 Å². The zero-order valence-corrected chi connectivity index (χ0v) is 19.1. The average molecular weight is 426 g/mol. The number of unbranched alkanes of at least 4 members (excludes halogenated alkanes) is 2. The lowest BCUT2D eigenvalue weighted by atomic mass is 9.80. The number of methoxy groups -OCH3 is 1. The highest BCUT2D eigenvalue weighted by atomic mass is 19.1. The monoisotopic (exact) mass is 425 g/mol. The van der Waals surface area contributed by atoms with Gasteiger partial charge in [0.05, 0.1) is 13.7 Å². The van der Waals surface area contributed by atoms with Gasteiger partial charge in [-0.25, -0.2) is 4.39 Å². The SMILES string of the molecule is C/C=C\c1ccc(OC[C@H]2CN(CCCCC)CC[C@@H]2c2ccc(F)cc2)c(OC)c1. The van der Waals surface area contributed by atoms with Gasteiger partial charge in [0.25, 0.3) is 0 Å². The van der Waals surface area contributed by atoms with E-state index in [-0.39, 0.29) is 5.82 Å². The normalized spacial score (nSPS) is 19.6. The van der Waals surface area contributed by atoms with Crippen molar-refractivity contribution < 1.29 is 13.9 Å². The molecule has 0 unspecified atom stereocenters. The minimum Gasteiger partial charge on any atom is -0.493 e. The highest BCUT2D eigenvalue weighted by molar-refractivity contribution is 5.55. The van der Waals surface area contributed by atoms with Gasteiger partial charge in [0.1, 0.15) is 5.82 Å². The van der Waals surface area contributed by atoms with Crippen LogP contribution in [0.25, 0.3) is 6.08 Å². The zero-order valence-electron chi connectivity index (χ0n) is 19.1. The van der Waals surface area contributed by atoms with Crippen LogP contribution >= 0.6 is 0 Å². The average Bonchev–Trinajstić information content (AvgIpc) is 2.79. The first-order chi connectivity index (χ1) is 15.1. The Morgan fingerprint density at radius 3 is 2.61 bits per heavy atom. The molecule has 1 heterocycles. The van der Waals surface area contributed by atoms with Crippen LogP contribution in [0, 0.1) is 11.7 Å². The lowest BCUT2D eigenvalue weighted by molar-refractivity contribution is 0.108. The van der Waals surface area contributed by atoms with Crippen LogP contribution in [0.2, 0.25) is 0 Å². The Morgan fingerprint density at radius 1 is 1.10 bits per heavy atom. The molecule has 2 atom stereocenters. The highest BCUT2D eigenvalue weighted by Crippen LogP contribution is 2.35. The second-order valence-electron chi connectivity index (χ2n) is 8.44. The van der Waals surface area contributed by atoms with E-state index in [2.05, 4.69) is 11.8 Å². The Kier molecular flexibility index (Phi) is 8.96. The second-order valence-corrected chi connectivity index (χ2v) is 8.44. The number of piperidine rings is 1. The molecule has 168 valence electrons. The predicted molar refractivity (Wildman–Crippen MR) is 126 cm³/mol. The second kappa shape index (κ2) is 11.9. The minimum absolute atomic E-state index is 0.181. The summed E-state index contributed by atoms with van der Waals surface area (Å²) >= 11 is 0. The van der Waals surface area contributed by atoms with E-state index in [0.29, 0.717) is 18.4 Å². The maximum atomic E-state index is 13.5. The van der Waals surface area contributed by atoms with Crippen molar-refractivity contribution in [3.8, 4) is 11.5 Å². The summed E-state index contributed by atoms with van der Waals surface area (Å²) in [5, 5.41) is 0. The van der Waals surface area contributed by atoms with Crippen molar-refractivity contribution in [1.29, 1.82) is 0 Å². The number of allylic oxidation sites excluding steroid dienone is 1. The third-order valence-electron chi connectivity index (χ3n) is 6.19. The van der Waals surface area contributed by atoms with Gasteiger partial charge in [0, 0.05) is 12.5 Å². The fourth-order valence-corrected chi connectivity index (χ4v) is 4.51. The van der Waals surface area contributed by atoms with Crippen LogP contribution in [0.15, 0.2) is 48.5 Å². The van der Waals surface area contributed by atoms with Gasteiger partial charge in [0.15, 0.2) is 11.5 Å². The molecule has 3 nitrogen and oxygen atoms in total. The smallest absolute Gasteiger partial charge is 0.161 e. The molecule has 2 aromatic carbocycles. The molecule has 1 fully saturated rings. The summed E-state index contributed by atoms with van der Waals surface area (Å²) in [7, 11) is 1.68. The van der Waals surface area contributed by atoms with E-state index >= 15 is 0 Å². The van der Waals surface area contributed by atoms with Crippen molar-refractivity contribution in [2.75, 3.05) is 33.4 Å². The third-order valence-corrected chi connectivity index (χ3v) is 6.19. The first kappa shape index (κ1) is 23.3. The summed E-state index contributed by atoms with van der Waals surface area (Å²) in [6, 6.07) is 13.1. The van der Waals surface area contributed by atoms with Crippen molar-refractivity contribution in [3.05, 3.63) is 65.5 Å². The Hall–Kier alpha value is -2.33. The molecule has 2 aromatic rings. The molecule has 0 aromatic heterocycles. The summed E-state index contributed by atoms with van der Waals surface area (Å²) in [6.45, 7) is 8.09. The van der Waals surface area contributed by atoms with Crippen LogP contribution in [-0.2, 0) is 0 Å². The topological polar surface area (TPSA) is 21.7 Å². The first-order valence-electron chi connectivity index (χ1n) is 11.6. The van der Waals surface area contributed by atoms with Gasteiger partial charge in [-0.1, -0.05) is 50.1 Å². The number of hydrogen-bond donors (Lipinski definition) is 0. The van der Waals surface area contributed by atoms with Gasteiger partial charge in [-0.05, 0) is 74.2 Å². The van der Waals surface area contributed by atoms with Crippen molar-refractivity contribution in [1.82, 2.24) is 4.90 Å². The molecule has 0 amide bonds. The van der Waals surface area contributed by atoms with Gasteiger partial charge in [-0.3, -0.25) is 0 Å². The largest absolute Gasteiger partial charge is 0.493 e. The van der Waals surface area contributed by atoms with Crippen LogP contribution in [0.1, 0.15) is 56.6 Å². The number of benzene rings is 2. The van der Waals surface area contributed by atoms with E-state index in [0.717, 1.165) is 43.1 Å². The van der Waals surface area contributed by atoms with E-state index in [9.17, 15) is 4.39 Å². The van der Waals surface area contributed by atoms with E-state index in [1.54, 1.807) is 19.2 Å². The quantitative estimate of drug-likeness (QED) is 0.403. The van der Waals surface area contributed by atoms with Crippen LogP contribution in [0.4, 0.5) is 4.39 Å². The summed E-state index contributed by atoms with van der Waals surface area (Å²) in [5.74, 6) is 2.07. The maximum Gasteiger partial charge on any atom is 0.161 e. The van der Waals surface area contributed by atoms with E-state index in [1.165, 1.54) is 24.8 Å². The van der Waals surface area contributed by atoms with E-state index in [4.69, 9.17) is 9.47 Å². The third kappa shape index (κ3) is 6.57. The molecule has 0 saturated carbocycles. The molecule has 31 heavy (non-hydrogen) atoms. The molecular formula is C27H36FNO2. The summed E-state index contributed by atoms with van der Waals surface area (Å²) in [6.07, 6.45) is 8.88. The highest BCUT2D eigenvalue weighted by Gasteiger charge is 2.31. The van der Waals surface area contributed by atoms with Gasteiger partial charge in [-0.2, -0.15) is 0 Å². The molecule has 4 heteroatoms. The molecule has 1 saturated heterocycles. The molecule has 1 aliphatic heterocycles. The van der Waals surface area contributed by atoms with Crippen LogP contribution < -0.4 is 9.47 Å². The van der Waals surface area contributed by atoms with Gasteiger partial charge in [-0.15, -0.1) is 0 Å². The van der Waals surface area contributed by atoms with Crippen molar-refractivity contribution in [2.24, 2.45) is 5.92 Å². The number of hydrogen-bond acceptors (Lipinski definition) is 3. The fraction of sp³-hybridized carbons (Fsp3) is 0.481. The first-order valence-corrected chi connectivity index (χ1v) is 11.6. The van der Waals surface area contributed by atoms with Crippen LogP contribution in [-0.4, -0.2) is 38.3 Å². The van der Waals surface area contributed by atoms with Crippen molar-refractivity contribution >= 4 is 6.08 Å². The standard InChI is InChI=1S/C27H36FNO2/c1-4-6-7-16-29-17-15-25(22-10-12-24(28)13-11-22)23(19-29)20-31-26-14-9-21(8-5-2)18-27(26)30-3/h5,8-14,18,23,25H,4,6-7,15-17,19-20H2,1-3H3/b8-5-/t23-,25-/m1/s1. The number of likely N-dealkylation sites (tertiary alicyclic amines) is 1. The number of nitrogens with zero attached hydrogens (tertiary/aromatic N) is 1. The lowest BCUT2D eigenvalue weighted by Crippen LogP contribution is -2.42. The molecular weight excluding hydrogens is 389 g/mol. The van der Waals surface area contributed by atoms with Gasteiger partial charge >= 0.3 is 0 Å². The molecule has 0 N–H and O–H groups in total. The Labute approximate surface area is 186 Å². The van der Waals surface area contributed by atoms with Gasteiger partial charge in [0.2, 0.25) is 0 Å². The number of rotatable bonds is 10. The van der Waals surface area contributed by atoms with Crippen molar-refractivity contribution in [3.63, 3.8) is 0 Å². The summed E-state index contributed by atoms with van der Waals surface area (Å²) in [5.41, 5.74) is 2.30. The zero-order chi connectivity index (χ0) is 22.1. The maximum absolute atomic E-state index is 13.5. The Bertz CT molecular complexity index is 834. The Balaban J connectivity index is 1.73. The number of halogens is 1. The summed E-state index contributed by atoms with van der Waals surface area (Å²) in [4.78, 5) is 2.57. The molecule has 3 rings (SSSR count). The molecule has 0 spiro atoms. The molecule has 0 bridgehead atoms. The molecule has 0 radical (unpaired) electrons. The van der Waals surface area contributed by atoms with Crippen LogP contribution in [0.3, 0.4) is 0 Å². The van der Waals surface area contributed by atoms with Crippen LogP contribution in [0.5, 0.6) is 11.5 Å². The number of ether oxygens (including phenoxy) is 2. The van der Waals surface area contributed by atoms with E-state index in [1.807, 2.05) is 49.4 Å². The molecule has 1 aliphatic rings. The van der Waals surface area contributed by atoms with Gasteiger partial charge < -0.3 is 14.4 Å². The minimum atomic E-state index is -0.181. The lowest BCUT2D eigenvalue weighted by Gasteiger charge is -2.39. The molecule has 0 aliphatic carbocycles. The summed E-state index contributed by atoms with van der Waals surface area (Å²) < 4.78 is 25.3. The predicted octanol–water partition coefficient (Wildman–Crippen LogP) is 6.54. The van der Waals surface area contributed by atoms with Crippen molar-refractivity contribution in [2.45, 2.75) is 45.4 Å².